The van der Waals surface area contributed by atoms with Crippen LogP contribution in [0.25, 0.3) is 0 Å². The van der Waals surface area contributed by atoms with Crippen molar-refractivity contribution in [3.05, 3.63) is 64.6 Å². The summed E-state index contributed by atoms with van der Waals surface area (Å²) in [5.74, 6) is 0.316. The van der Waals surface area contributed by atoms with Gasteiger partial charge in [0.25, 0.3) is 5.56 Å². The van der Waals surface area contributed by atoms with Crippen molar-refractivity contribution in [2.75, 3.05) is 6.54 Å². The molecule has 1 heterocycles. The minimum Gasteiger partial charge on any atom is -0.483 e. The molecule has 0 saturated carbocycles. The first-order valence-corrected chi connectivity index (χ1v) is 8.68. The Morgan fingerprint density at radius 3 is 2.54 bits per heavy atom. The van der Waals surface area contributed by atoms with E-state index in [0.717, 1.165) is 5.56 Å². The number of benzene rings is 1. The Bertz CT molecular complexity index is 763. The number of nitrogens with zero attached hydrogens (tertiary/aromatic N) is 1. The van der Waals surface area contributed by atoms with Crippen LogP contribution in [0.15, 0.2) is 53.5 Å². The van der Waals surface area contributed by atoms with Crippen molar-refractivity contribution in [3.8, 4) is 5.75 Å². The molecule has 6 heteroatoms. The molecule has 2 rings (SSSR count). The van der Waals surface area contributed by atoms with Crippen LogP contribution in [0.5, 0.6) is 5.75 Å². The third-order valence-electron chi connectivity index (χ3n) is 3.47. The second kappa shape index (κ2) is 9.08. The van der Waals surface area contributed by atoms with Gasteiger partial charge in [0.05, 0.1) is 0 Å². The zero-order valence-electron chi connectivity index (χ0n) is 15.5. The molecule has 0 radical (unpaired) electrons. The number of ether oxygens (including phenoxy) is 2. The number of carbonyl (C=O) groups excluding carboxylic acids is 1. The zero-order chi connectivity index (χ0) is 19.0. The summed E-state index contributed by atoms with van der Waals surface area (Å²) in [5.41, 5.74) is 0.301. The number of aromatic nitrogens is 1. The maximum Gasteiger partial charge on any atom is 0.407 e. The van der Waals surface area contributed by atoms with Crippen LogP contribution in [-0.4, -0.2) is 22.8 Å². The first-order chi connectivity index (χ1) is 12.3. The molecule has 1 amide bonds. The number of hydrogen-bond donors (Lipinski definition) is 1. The Labute approximate surface area is 153 Å². The fourth-order valence-electron chi connectivity index (χ4n) is 2.29. The Morgan fingerprint density at radius 1 is 1.12 bits per heavy atom. The first kappa shape index (κ1) is 19.6. The molecular formula is C20H26N2O4. The topological polar surface area (TPSA) is 69.6 Å². The molecular weight excluding hydrogens is 332 g/mol. The number of carbonyl (C=O) groups is 1. The van der Waals surface area contributed by atoms with Crippen LogP contribution >= 0.6 is 0 Å². The normalized spacial score (nSPS) is 11.0. The lowest BCUT2D eigenvalue weighted by atomic mass is 10.2. The summed E-state index contributed by atoms with van der Waals surface area (Å²) in [5, 5.41) is 2.68. The lowest BCUT2D eigenvalue weighted by Crippen LogP contribution is -2.33. The number of alkyl carbamates (subject to hydrolysis) is 1. The van der Waals surface area contributed by atoms with Crippen LogP contribution in [-0.2, 0) is 17.9 Å². The molecule has 6 nitrogen and oxygen atoms in total. The average molecular weight is 358 g/mol. The minimum atomic E-state index is -0.522. The van der Waals surface area contributed by atoms with Crippen molar-refractivity contribution in [1.82, 2.24) is 9.88 Å². The van der Waals surface area contributed by atoms with Crippen molar-refractivity contribution >= 4 is 6.09 Å². The van der Waals surface area contributed by atoms with Gasteiger partial charge in [-0.05, 0) is 44.9 Å². The van der Waals surface area contributed by atoms with E-state index in [9.17, 15) is 9.59 Å². The van der Waals surface area contributed by atoms with E-state index in [1.54, 1.807) is 22.9 Å². The van der Waals surface area contributed by atoms with Crippen molar-refractivity contribution in [2.24, 2.45) is 0 Å². The van der Waals surface area contributed by atoms with Crippen LogP contribution in [0, 0.1) is 0 Å². The van der Waals surface area contributed by atoms with E-state index >= 15 is 0 Å². The molecule has 1 aromatic heterocycles. The van der Waals surface area contributed by atoms with Gasteiger partial charge >= 0.3 is 6.09 Å². The molecule has 0 spiro atoms. The van der Waals surface area contributed by atoms with Crippen LogP contribution in [0.4, 0.5) is 4.79 Å². The highest BCUT2D eigenvalue weighted by molar-refractivity contribution is 5.67. The second-order valence-electron chi connectivity index (χ2n) is 6.93. The van der Waals surface area contributed by atoms with Crippen molar-refractivity contribution in [3.63, 3.8) is 0 Å². The van der Waals surface area contributed by atoms with Crippen LogP contribution in [0.1, 0.15) is 32.8 Å². The van der Waals surface area contributed by atoms with Gasteiger partial charge in [-0.3, -0.25) is 4.79 Å². The average Bonchev–Trinajstić information content (AvgIpc) is 2.58. The summed E-state index contributed by atoms with van der Waals surface area (Å²) in [6, 6.07) is 13.1. The van der Waals surface area contributed by atoms with Gasteiger partial charge in [-0.1, -0.05) is 30.3 Å². The summed E-state index contributed by atoms with van der Waals surface area (Å²) >= 11 is 0. The molecule has 0 atom stereocenters. The third kappa shape index (κ3) is 6.63. The van der Waals surface area contributed by atoms with E-state index in [-0.39, 0.29) is 5.56 Å². The van der Waals surface area contributed by atoms with Gasteiger partial charge in [0.2, 0.25) is 0 Å². The molecule has 0 aliphatic rings. The number of nitrogens with one attached hydrogen (secondary N) is 1. The number of aryl methyl sites for hydroxylation is 1. The number of amides is 1. The summed E-state index contributed by atoms with van der Waals surface area (Å²) in [7, 11) is 0. The van der Waals surface area contributed by atoms with Gasteiger partial charge < -0.3 is 19.4 Å². The quantitative estimate of drug-likeness (QED) is 0.771. The maximum absolute atomic E-state index is 12.4. The Balaban J connectivity index is 1.83. The largest absolute Gasteiger partial charge is 0.483 e. The first-order valence-electron chi connectivity index (χ1n) is 8.68. The second-order valence-corrected chi connectivity index (χ2v) is 6.93. The molecule has 0 aliphatic heterocycles. The van der Waals surface area contributed by atoms with Gasteiger partial charge in [-0.15, -0.1) is 0 Å². The van der Waals surface area contributed by atoms with Crippen LogP contribution in [0.2, 0.25) is 0 Å². The van der Waals surface area contributed by atoms with E-state index in [2.05, 4.69) is 5.32 Å². The van der Waals surface area contributed by atoms with Crippen LogP contribution in [0.3, 0.4) is 0 Å². The molecule has 1 N–H and O–H groups in total. The van der Waals surface area contributed by atoms with E-state index in [1.807, 2.05) is 51.1 Å². The predicted molar refractivity (Wildman–Crippen MR) is 100 cm³/mol. The predicted octanol–water partition coefficient (Wildman–Crippen LogP) is 3.34. The monoisotopic (exact) mass is 358 g/mol. The molecule has 0 saturated heterocycles. The van der Waals surface area contributed by atoms with E-state index in [4.69, 9.17) is 9.47 Å². The fraction of sp³-hybridized carbons (Fsp3) is 0.400. The summed E-state index contributed by atoms with van der Waals surface area (Å²) in [4.78, 5) is 24.0. The highest BCUT2D eigenvalue weighted by Gasteiger charge is 2.15. The highest BCUT2D eigenvalue weighted by Crippen LogP contribution is 2.08. The number of rotatable bonds is 7. The summed E-state index contributed by atoms with van der Waals surface area (Å²) in [6.45, 7) is 6.70. The maximum atomic E-state index is 12.4. The van der Waals surface area contributed by atoms with E-state index in [1.165, 1.54) is 0 Å². The molecule has 0 fully saturated rings. The summed E-state index contributed by atoms with van der Waals surface area (Å²) in [6.07, 6.45) is 1.87. The summed E-state index contributed by atoms with van der Waals surface area (Å²) < 4.78 is 12.4. The van der Waals surface area contributed by atoms with Gasteiger partial charge in [-0.2, -0.15) is 0 Å². The zero-order valence-corrected chi connectivity index (χ0v) is 15.5. The molecule has 0 aliphatic carbocycles. The fourth-order valence-corrected chi connectivity index (χ4v) is 2.29. The van der Waals surface area contributed by atoms with Crippen molar-refractivity contribution < 1.29 is 14.3 Å². The lowest BCUT2D eigenvalue weighted by Gasteiger charge is -2.19. The van der Waals surface area contributed by atoms with E-state index in [0.29, 0.717) is 31.9 Å². The third-order valence-corrected chi connectivity index (χ3v) is 3.47. The van der Waals surface area contributed by atoms with Gasteiger partial charge in [0.1, 0.15) is 12.2 Å². The van der Waals surface area contributed by atoms with E-state index < -0.39 is 11.7 Å². The number of hydrogen-bond acceptors (Lipinski definition) is 4. The Hall–Kier alpha value is -2.76. The van der Waals surface area contributed by atoms with Gasteiger partial charge in [0.15, 0.2) is 5.75 Å². The molecule has 2 aromatic rings. The number of pyridine rings is 1. The van der Waals surface area contributed by atoms with Gasteiger partial charge in [0, 0.05) is 19.3 Å². The Kier molecular flexibility index (Phi) is 6.83. The lowest BCUT2D eigenvalue weighted by molar-refractivity contribution is 0.0526. The molecule has 140 valence electrons. The molecule has 0 unspecified atom stereocenters. The SMILES string of the molecule is CC(C)(C)OC(=O)NCCCn1cccc(OCc2ccccc2)c1=O. The van der Waals surface area contributed by atoms with Crippen LogP contribution < -0.4 is 15.6 Å². The molecule has 26 heavy (non-hydrogen) atoms. The highest BCUT2D eigenvalue weighted by atomic mass is 16.6. The smallest absolute Gasteiger partial charge is 0.407 e. The van der Waals surface area contributed by atoms with Crippen molar-refractivity contribution in [2.45, 2.75) is 45.9 Å². The minimum absolute atomic E-state index is 0.180. The molecule has 1 aromatic carbocycles. The molecule has 0 bridgehead atoms. The Morgan fingerprint density at radius 2 is 1.85 bits per heavy atom. The standard InChI is InChI=1S/C20H26N2O4/c1-20(2,3)26-19(24)21-12-8-14-22-13-7-11-17(18(22)23)25-15-16-9-5-4-6-10-16/h4-7,9-11,13H,8,12,14-15H2,1-3H3,(H,21,24). The van der Waals surface area contributed by atoms with Gasteiger partial charge in [-0.25, -0.2) is 4.79 Å². The van der Waals surface area contributed by atoms with Crippen molar-refractivity contribution in [1.29, 1.82) is 0 Å².